The first-order valence-corrected chi connectivity index (χ1v) is 11.2. The van der Waals surface area contributed by atoms with E-state index >= 15 is 0 Å². The second kappa shape index (κ2) is 9.04. The molecular weight excluding hydrogens is 403 g/mol. The Bertz CT molecular complexity index is 943. The Balaban J connectivity index is 1.68. The van der Waals surface area contributed by atoms with Crippen LogP contribution in [0.25, 0.3) is 0 Å². The van der Waals surface area contributed by atoms with Crippen molar-refractivity contribution < 1.29 is 22.3 Å². The van der Waals surface area contributed by atoms with Gasteiger partial charge in [-0.05, 0) is 37.3 Å². The van der Waals surface area contributed by atoms with Crippen molar-refractivity contribution in [1.29, 1.82) is 0 Å². The van der Waals surface area contributed by atoms with E-state index in [0.717, 1.165) is 22.6 Å². The van der Waals surface area contributed by atoms with Gasteiger partial charge in [0.1, 0.15) is 10.7 Å². The summed E-state index contributed by atoms with van der Waals surface area (Å²) >= 11 is 1.37. The first-order chi connectivity index (χ1) is 13.4. The van der Waals surface area contributed by atoms with Gasteiger partial charge in [-0.1, -0.05) is 17.7 Å². The van der Waals surface area contributed by atoms with Crippen LogP contribution in [0.4, 0.5) is 10.1 Å². The van der Waals surface area contributed by atoms with Crippen molar-refractivity contribution in [2.45, 2.75) is 16.7 Å². The van der Waals surface area contributed by atoms with E-state index in [-0.39, 0.29) is 43.7 Å². The zero-order valence-corrected chi connectivity index (χ0v) is 17.0. The molecule has 6 nitrogen and oxygen atoms in total. The molecular formula is C19H21FN2O4S2. The van der Waals surface area contributed by atoms with E-state index in [1.54, 1.807) is 0 Å². The molecule has 28 heavy (non-hydrogen) atoms. The minimum absolute atomic E-state index is 0.159. The van der Waals surface area contributed by atoms with Crippen molar-refractivity contribution in [1.82, 2.24) is 4.31 Å². The topological polar surface area (TPSA) is 75.7 Å². The Morgan fingerprint density at radius 1 is 1.18 bits per heavy atom. The number of morpholine rings is 1. The third-order valence-electron chi connectivity index (χ3n) is 4.19. The van der Waals surface area contributed by atoms with Gasteiger partial charge in [0.05, 0.1) is 19.0 Å². The van der Waals surface area contributed by atoms with E-state index in [2.05, 4.69) is 5.32 Å². The van der Waals surface area contributed by atoms with Gasteiger partial charge in [-0.2, -0.15) is 4.31 Å². The molecule has 0 aliphatic carbocycles. The standard InChI is InChI=1S/C19H21FN2O4S2/c1-14-2-5-16(6-3-14)27-13-19(23)21-15-4-7-17(20)18(12-15)28(24,25)22-8-10-26-11-9-22/h2-7,12H,8-11,13H2,1H3,(H,21,23). The van der Waals surface area contributed by atoms with Crippen LogP contribution in [-0.4, -0.2) is 50.7 Å². The van der Waals surface area contributed by atoms with Crippen molar-refractivity contribution in [3.05, 3.63) is 53.8 Å². The van der Waals surface area contributed by atoms with E-state index in [4.69, 9.17) is 4.74 Å². The number of hydrogen-bond acceptors (Lipinski definition) is 5. The van der Waals surface area contributed by atoms with Gasteiger partial charge in [-0.25, -0.2) is 12.8 Å². The lowest BCUT2D eigenvalue weighted by Gasteiger charge is -2.26. The van der Waals surface area contributed by atoms with E-state index in [1.165, 1.54) is 22.1 Å². The number of anilines is 1. The molecule has 1 saturated heterocycles. The Morgan fingerprint density at radius 2 is 1.86 bits per heavy atom. The lowest BCUT2D eigenvalue weighted by Crippen LogP contribution is -2.40. The van der Waals surface area contributed by atoms with Crippen molar-refractivity contribution >= 4 is 33.4 Å². The van der Waals surface area contributed by atoms with E-state index in [0.29, 0.717) is 0 Å². The van der Waals surface area contributed by atoms with Crippen molar-refractivity contribution in [3.8, 4) is 0 Å². The van der Waals surface area contributed by atoms with Gasteiger partial charge in [0.2, 0.25) is 15.9 Å². The fourth-order valence-corrected chi connectivity index (χ4v) is 4.88. The fraction of sp³-hybridized carbons (Fsp3) is 0.316. The summed E-state index contributed by atoms with van der Waals surface area (Å²) in [6, 6.07) is 11.3. The monoisotopic (exact) mass is 424 g/mol. The summed E-state index contributed by atoms with van der Waals surface area (Å²) in [5.41, 5.74) is 1.37. The number of halogens is 1. The molecule has 150 valence electrons. The van der Waals surface area contributed by atoms with Gasteiger partial charge in [0.25, 0.3) is 0 Å². The Hall–Kier alpha value is -1.94. The largest absolute Gasteiger partial charge is 0.379 e. The number of amides is 1. The summed E-state index contributed by atoms with van der Waals surface area (Å²) < 4.78 is 45.9. The van der Waals surface area contributed by atoms with Crippen molar-refractivity contribution in [2.75, 3.05) is 37.4 Å². The van der Waals surface area contributed by atoms with Gasteiger partial charge in [0, 0.05) is 23.7 Å². The number of hydrogen-bond donors (Lipinski definition) is 1. The molecule has 0 unspecified atom stereocenters. The summed E-state index contributed by atoms with van der Waals surface area (Å²) in [5, 5.41) is 2.63. The van der Waals surface area contributed by atoms with Crippen LogP contribution in [0.5, 0.6) is 0 Å². The lowest BCUT2D eigenvalue weighted by atomic mass is 10.2. The minimum atomic E-state index is -3.99. The number of carbonyl (C=O) groups excluding carboxylic acids is 1. The third-order valence-corrected chi connectivity index (χ3v) is 7.12. The predicted octanol–water partition coefficient (Wildman–Crippen LogP) is 2.89. The highest BCUT2D eigenvalue weighted by atomic mass is 32.2. The van der Waals surface area contributed by atoms with Crippen LogP contribution in [0.2, 0.25) is 0 Å². The SMILES string of the molecule is Cc1ccc(SCC(=O)Nc2ccc(F)c(S(=O)(=O)N3CCOCC3)c2)cc1. The molecule has 0 aromatic heterocycles. The van der Waals surface area contributed by atoms with Crippen LogP contribution in [0.1, 0.15) is 5.56 Å². The first-order valence-electron chi connectivity index (χ1n) is 8.73. The summed E-state index contributed by atoms with van der Waals surface area (Å²) in [6.07, 6.45) is 0. The molecule has 2 aromatic carbocycles. The minimum Gasteiger partial charge on any atom is -0.379 e. The molecule has 0 spiro atoms. The molecule has 1 amide bonds. The number of benzene rings is 2. The molecule has 1 aliphatic rings. The smallest absolute Gasteiger partial charge is 0.246 e. The summed E-state index contributed by atoms with van der Waals surface area (Å²) in [5.74, 6) is -0.989. The number of nitrogens with one attached hydrogen (secondary N) is 1. The van der Waals surface area contributed by atoms with Gasteiger partial charge in [0.15, 0.2) is 0 Å². The maximum absolute atomic E-state index is 14.2. The van der Waals surface area contributed by atoms with E-state index < -0.39 is 20.7 Å². The van der Waals surface area contributed by atoms with Crippen LogP contribution >= 0.6 is 11.8 Å². The molecule has 3 rings (SSSR count). The average Bonchev–Trinajstić information content (AvgIpc) is 2.69. The number of nitrogens with zero attached hydrogens (tertiary/aromatic N) is 1. The molecule has 0 saturated carbocycles. The molecule has 0 radical (unpaired) electrons. The van der Waals surface area contributed by atoms with E-state index in [1.807, 2.05) is 31.2 Å². The average molecular weight is 425 g/mol. The van der Waals surface area contributed by atoms with Gasteiger partial charge >= 0.3 is 0 Å². The first kappa shape index (κ1) is 20.8. The van der Waals surface area contributed by atoms with Crippen LogP contribution in [-0.2, 0) is 19.6 Å². The number of sulfonamides is 1. The summed E-state index contributed by atoms with van der Waals surface area (Å²) in [4.78, 5) is 12.7. The van der Waals surface area contributed by atoms with Gasteiger partial charge in [-0.3, -0.25) is 4.79 Å². The molecule has 1 aliphatic heterocycles. The third kappa shape index (κ3) is 5.11. The Morgan fingerprint density at radius 3 is 2.54 bits per heavy atom. The normalized spacial score (nSPS) is 15.4. The molecule has 9 heteroatoms. The summed E-state index contributed by atoms with van der Waals surface area (Å²) in [6.45, 7) is 2.87. The van der Waals surface area contributed by atoms with Crippen LogP contribution in [0, 0.1) is 12.7 Å². The molecule has 0 atom stereocenters. The number of aryl methyl sites for hydroxylation is 1. The second-order valence-corrected chi connectivity index (χ2v) is 9.27. The van der Waals surface area contributed by atoms with Crippen LogP contribution in [0.3, 0.4) is 0 Å². The maximum atomic E-state index is 14.2. The number of carbonyl (C=O) groups is 1. The predicted molar refractivity (Wildman–Crippen MR) is 107 cm³/mol. The number of thioether (sulfide) groups is 1. The highest BCUT2D eigenvalue weighted by Crippen LogP contribution is 2.24. The van der Waals surface area contributed by atoms with Crippen molar-refractivity contribution in [2.24, 2.45) is 0 Å². The Labute approximate surface area is 168 Å². The quantitative estimate of drug-likeness (QED) is 0.722. The molecule has 0 bridgehead atoms. The van der Waals surface area contributed by atoms with Crippen molar-refractivity contribution in [3.63, 3.8) is 0 Å². The molecule has 1 N–H and O–H groups in total. The number of rotatable bonds is 6. The molecule has 2 aromatic rings. The molecule has 1 heterocycles. The zero-order valence-electron chi connectivity index (χ0n) is 15.4. The second-order valence-electron chi connectivity index (χ2n) is 6.31. The van der Waals surface area contributed by atoms with Crippen LogP contribution < -0.4 is 5.32 Å². The lowest BCUT2D eigenvalue weighted by molar-refractivity contribution is -0.113. The Kier molecular flexibility index (Phi) is 6.71. The van der Waals surface area contributed by atoms with Gasteiger partial charge < -0.3 is 10.1 Å². The fourth-order valence-electron chi connectivity index (χ4n) is 2.69. The highest BCUT2D eigenvalue weighted by Gasteiger charge is 2.29. The highest BCUT2D eigenvalue weighted by molar-refractivity contribution is 8.00. The van der Waals surface area contributed by atoms with E-state index in [9.17, 15) is 17.6 Å². The number of ether oxygens (including phenoxy) is 1. The summed E-state index contributed by atoms with van der Waals surface area (Å²) in [7, 11) is -3.99. The van der Waals surface area contributed by atoms with Crippen LogP contribution in [0.15, 0.2) is 52.3 Å². The maximum Gasteiger partial charge on any atom is 0.246 e. The molecule has 1 fully saturated rings. The van der Waals surface area contributed by atoms with Gasteiger partial charge in [-0.15, -0.1) is 11.8 Å². The zero-order chi connectivity index (χ0) is 20.1.